The number of hydrogen-bond acceptors (Lipinski definition) is 7. The molecule has 158 valence electrons. The van der Waals surface area contributed by atoms with Crippen LogP contribution in [0.4, 0.5) is 10.5 Å². The quantitative estimate of drug-likeness (QED) is 0.557. The highest BCUT2D eigenvalue weighted by Crippen LogP contribution is 2.33. The van der Waals surface area contributed by atoms with Crippen molar-refractivity contribution in [2.45, 2.75) is 20.5 Å². The summed E-state index contributed by atoms with van der Waals surface area (Å²) < 4.78 is 16.6. The van der Waals surface area contributed by atoms with Gasteiger partial charge < -0.3 is 19.3 Å². The summed E-state index contributed by atoms with van der Waals surface area (Å²) in [7, 11) is 1.59. The van der Waals surface area contributed by atoms with E-state index in [1.165, 1.54) is 0 Å². The van der Waals surface area contributed by atoms with Crippen LogP contribution in [0.5, 0.6) is 11.5 Å². The highest BCUT2D eigenvalue weighted by atomic mass is 32.2. The molecule has 1 aliphatic rings. The van der Waals surface area contributed by atoms with E-state index in [1.54, 1.807) is 7.11 Å². The number of methoxy groups -OCH3 is 1. The molecule has 0 unspecified atom stereocenters. The van der Waals surface area contributed by atoms with Crippen molar-refractivity contribution in [3.05, 3.63) is 76.0 Å². The fraction of sp³-hybridized carbons (Fsp3) is 0.174. The zero-order valence-corrected chi connectivity index (χ0v) is 18.2. The molecule has 4 rings (SSSR count). The number of nitrogens with one attached hydrogen (secondary N) is 1. The fourth-order valence-corrected chi connectivity index (χ4v) is 3.78. The molecule has 0 spiro atoms. The van der Waals surface area contributed by atoms with Crippen molar-refractivity contribution in [1.82, 2.24) is 10.5 Å². The van der Waals surface area contributed by atoms with E-state index in [2.05, 4.69) is 15.5 Å². The lowest BCUT2D eigenvalue weighted by atomic mass is 10.1. The zero-order valence-electron chi connectivity index (χ0n) is 17.3. The number of ether oxygens (including phenoxy) is 2. The summed E-state index contributed by atoms with van der Waals surface area (Å²) in [4.78, 5) is 17.2. The first-order chi connectivity index (χ1) is 15.0. The Morgan fingerprint density at radius 1 is 1.16 bits per heavy atom. The van der Waals surface area contributed by atoms with Gasteiger partial charge in [-0.25, -0.2) is 4.99 Å². The highest BCUT2D eigenvalue weighted by molar-refractivity contribution is 8.18. The van der Waals surface area contributed by atoms with Crippen LogP contribution in [-0.2, 0) is 6.61 Å². The molecule has 1 fully saturated rings. The van der Waals surface area contributed by atoms with E-state index in [1.807, 2.05) is 68.5 Å². The van der Waals surface area contributed by atoms with Crippen molar-refractivity contribution >= 4 is 34.6 Å². The predicted octanol–water partition coefficient (Wildman–Crippen LogP) is 5.41. The molecular weight excluding hydrogens is 414 g/mol. The molecule has 1 aromatic heterocycles. The van der Waals surface area contributed by atoms with Gasteiger partial charge in [0.15, 0.2) is 11.5 Å². The average Bonchev–Trinajstić information content (AvgIpc) is 3.28. The topological polar surface area (TPSA) is 86.0 Å². The van der Waals surface area contributed by atoms with Crippen LogP contribution in [0.1, 0.15) is 22.6 Å². The number of benzene rings is 2. The van der Waals surface area contributed by atoms with Crippen LogP contribution in [0.2, 0.25) is 0 Å². The highest BCUT2D eigenvalue weighted by Gasteiger charge is 2.23. The molecule has 7 nitrogen and oxygen atoms in total. The Balaban J connectivity index is 1.57. The number of carbonyl (C=O) groups is 1. The maximum absolute atomic E-state index is 11.9. The SMILES string of the molecule is COc1cc(/C=C2/SC(=O)NC2=Nc2ccccc2)ccc1OCc1c(C)noc1C. The predicted molar refractivity (Wildman–Crippen MR) is 121 cm³/mol. The van der Waals surface area contributed by atoms with Gasteiger partial charge in [-0.05, 0) is 61.5 Å². The Bertz CT molecular complexity index is 1150. The van der Waals surface area contributed by atoms with Gasteiger partial charge in [-0.2, -0.15) is 0 Å². The van der Waals surface area contributed by atoms with Crippen molar-refractivity contribution in [2.75, 3.05) is 7.11 Å². The maximum atomic E-state index is 11.9. The first kappa shape index (κ1) is 20.7. The van der Waals surface area contributed by atoms with Gasteiger partial charge in [-0.1, -0.05) is 29.4 Å². The molecule has 0 atom stereocenters. The average molecular weight is 436 g/mol. The first-order valence-electron chi connectivity index (χ1n) is 9.60. The van der Waals surface area contributed by atoms with Gasteiger partial charge in [0.2, 0.25) is 0 Å². The molecule has 1 aliphatic heterocycles. The van der Waals surface area contributed by atoms with Gasteiger partial charge in [0.25, 0.3) is 5.24 Å². The van der Waals surface area contributed by atoms with Crippen LogP contribution in [-0.4, -0.2) is 23.3 Å². The molecule has 0 bridgehead atoms. The van der Waals surface area contributed by atoms with E-state index < -0.39 is 0 Å². The van der Waals surface area contributed by atoms with Crippen molar-refractivity contribution in [1.29, 1.82) is 0 Å². The molecule has 2 aromatic carbocycles. The lowest BCUT2D eigenvalue weighted by Crippen LogP contribution is -2.18. The Hall–Kier alpha value is -3.52. The van der Waals surface area contributed by atoms with Crippen molar-refractivity contribution in [2.24, 2.45) is 4.99 Å². The van der Waals surface area contributed by atoms with Crippen LogP contribution in [0.3, 0.4) is 0 Å². The van der Waals surface area contributed by atoms with Gasteiger partial charge in [0, 0.05) is 0 Å². The summed E-state index contributed by atoms with van der Waals surface area (Å²) in [5.41, 5.74) is 3.36. The Labute approximate surface area is 184 Å². The number of rotatable bonds is 6. The Morgan fingerprint density at radius 2 is 1.97 bits per heavy atom. The van der Waals surface area contributed by atoms with E-state index in [4.69, 9.17) is 14.0 Å². The fourth-order valence-electron chi connectivity index (χ4n) is 3.05. The van der Waals surface area contributed by atoms with Gasteiger partial charge in [0.05, 0.1) is 29.0 Å². The molecule has 0 saturated carbocycles. The second kappa shape index (κ2) is 9.09. The van der Waals surface area contributed by atoms with E-state index >= 15 is 0 Å². The van der Waals surface area contributed by atoms with Gasteiger partial charge >= 0.3 is 0 Å². The molecule has 0 radical (unpaired) electrons. The molecule has 3 aromatic rings. The van der Waals surface area contributed by atoms with Crippen molar-refractivity contribution < 1.29 is 18.8 Å². The molecule has 1 saturated heterocycles. The van der Waals surface area contributed by atoms with E-state index in [9.17, 15) is 4.79 Å². The number of aryl methyl sites for hydroxylation is 2. The Morgan fingerprint density at radius 3 is 2.68 bits per heavy atom. The minimum atomic E-state index is -0.160. The van der Waals surface area contributed by atoms with Gasteiger partial charge in [-0.15, -0.1) is 0 Å². The van der Waals surface area contributed by atoms with E-state index in [-0.39, 0.29) is 5.24 Å². The minimum Gasteiger partial charge on any atom is -0.493 e. The number of aromatic nitrogens is 1. The molecule has 31 heavy (non-hydrogen) atoms. The summed E-state index contributed by atoms with van der Waals surface area (Å²) in [6, 6.07) is 15.1. The monoisotopic (exact) mass is 435 g/mol. The number of para-hydroxylation sites is 1. The lowest BCUT2D eigenvalue weighted by Gasteiger charge is -2.11. The van der Waals surface area contributed by atoms with Crippen LogP contribution >= 0.6 is 11.8 Å². The molecule has 0 aliphatic carbocycles. The second-order valence-electron chi connectivity index (χ2n) is 6.82. The summed E-state index contributed by atoms with van der Waals surface area (Å²) >= 11 is 1.11. The van der Waals surface area contributed by atoms with Crippen molar-refractivity contribution in [3.63, 3.8) is 0 Å². The summed E-state index contributed by atoms with van der Waals surface area (Å²) in [5, 5.41) is 6.58. The molecule has 2 heterocycles. The number of amidine groups is 1. The molecule has 8 heteroatoms. The summed E-state index contributed by atoms with van der Waals surface area (Å²) in [6.45, 7) is 4.07. The third kappa shape index (κ3) is 4.80. The number of nitrogens with zero attached hydrogens (tertiary/aromatic N) is 2. The van der Waals surface area contributed by atoms with Crippen LogP contribution < -0.4 is 14.8 Å². The molecular formula is C23H21N3O4S. The number of thioether (sulfide) groups is 1. The maximum Gasteiger partial charge on any atom is 0.289 e. The second-order valence-corrected chi connectivity index (χ2v) is 7.84. The van der Waals surface area contributed by atoms with Crippen LogP contribution in [0.25, 0.3) is 6.08 Å². The number of carbonyl (C=O) groups excluding carboxylic acids is 1. The van der Waals surface area contributed by atoms with E-state index in [0.717, 1.165) is 44.9 Å². The first-order valence-corrected chi connectivity index (χ1v) is 10.4. The Kier molecular flexibility index (Phi) is 6.08. The van der Waals surface area contributed by atoms with Crippen LogP contribution in [0, 0.1) is 13.8 Å². The number of hydrogen-bond donors (Lipinski definition) is 1. The largest absolute Gasteiger partial charge is 0.493 e. The molecule has 1 amide bonds. The normalized spacial score (nSPS) is 16.0. The number of amides is 1. The van der Waals surface area contributed by atoms with Gasteiger partial charge in [-0.3, -0.25) is 4.79 Å². The zero-order chi connectivity index (χ0) is 21.8. The molecule has 1 N–H and O–H groups in total. The summed E-state index contributed by atoms with van der Waals surface area (Å²) in [6.07, 6.45) is 1.89. The third-order valence-electron chi connectivity index (χ3n) is 4.69. The number of aliphatic imine (C=N–C) groups is 1. The van der Waals surface area contributed by atoms with E-state index in [0.29, 0.717) is 23.9 Å². The van der Waals surface area contributed by atoms with Crippen molar-refractivity contribution in [3.8, 4) is 11.5 Å². The smallest absolute Gasteiger partial charge is 0.289 e. The minimum absolute atomic E-state index is 0.160. The van der Waals surface area contributed by atoms with Crippen LogP contribution in [0.15, 0.2) is 63.0 Å². The standard InChI is InChI=1S/C23H21N3O4S/c1-14-18(15(2)30-26-14)13-29-19-10-9-16(11-20(19)28-3)12-21-22(25-23(27)31-21)24-17-7-5-4-6-8-17/h4-12H,13H2,1-3H3,(H,24,25,27)/b21-12+. The van der Waals surface area contributed by atoms with Gasteiger partial charge in [0.1, 0.15) is 18.2 Å². The lowest BCUT2D eigenvalue weighted by molar-refractivity contribution is 0.265. The summed E-state index contributed by atoms with van der Waals surface area (Å²) in [5.74, 6) is 2.46. The third-order valence-corrected chi connectivity index (χ3v) is 5.51.